The molecule has 154 valence electrons. The van der Waals surface area contributed by atoms with Gasteiger partial charge in [-0.3, -0.25) is 9.59 Å². The topological polar surface area (TPSA) is 116 Å². The number of amides is 1. The Bertz CT molecular complexity index is 1020. The molecule has 1 fully saturated rings. The molecule has 30 heavy (non-hydrogen) atoms. The summed E-state index contributed by atoms with van der Waals surface area (Å²) >= 11 is 0. The number of carbonyl (C=O) groups excluding carboxylic acids is 1. The fraction of sp³-hybridized carbons (Fsp3) is 0.261. The summed E-state index contributed by atoms with van der Waals surface area (Å²) in [7, 11) is 0. The molecule has 2 bridgehead atoms. The van der Waals surface area contributed by atoms with Crippen LogP contribution in [0.4, 0.5) is 11.4 Å². The summed E-state index contributed by atoms with van der Waals surface area (Å²) in [5.74, 6) is -4.16. The highest BCUT2D eigenvalue weighted by atomic mass is 16.4. The van der Waals surface area contributed by atoms with Gasteiger partial charge in [0.1, 0.15) is 0 Å². The van der Waals surface area contributed by atoms with Crippen molar-refractivity contribution in [3.63, 3.8) is 0 Å². The second-order valence-corrected chi connectivity index (χ2v) is 7.73. The normalized spacial score (nSPS) is 23.9. The molecule has 0 aliphatic heterocycles. The van der Waals surface area contributed by atoms with Gasteiger partial charge in [0.15, 0.2) is 0 Å². The molecule has 2 aromatic carbocycles. The van der Waals surface area contributed by atoms with E-state index < -0.39 is 29.7 Å². The molecule has 0 heterocycles. The average molecular weight is 406 g/mol. The van der Waals surface area contributed by atoms with E-state index in [0.717, 1.165) is 5.56 Å². The van der Waals surface area contributed by atoms with E-state index in [1.54, 1.807) is 6.07 Å². The second-order valence-electron chi connectivity index (χ2n) is 7.73. The standard InChI is InChI=1S/C23H22N2O5/c26-21(19-14-6-7-15(10-14)20(19)23(29)30)25-18-11-16(22(27)28)8-9-17(18)24-12-13-4-2-1-3-5-13/h1-9,11,14-15,19-20,24H,10,12H2,(H,25,26)(H,27,28)(H,29,30)/t14-,15+,19-,20+/m1/s1. The summed E-state index contributed by atoms with van der Waals surface area (Å²) in [5, 5.41) is 24.9. The highest BCUT2D eigenvalue weighted by molar-refractivity contribution is 6.00. The quantitative estimate of drug-likeness (QED) is 0.524. The van der Waals surface area contributed by atoms with E-state index in [1.807, 2.05) is 42.5 Å². The number of aromatic carboxylic acids is 1. The van der Waals surface area contributed by atoms with Crippen molar-refractivity contribution in [2.75, 3.05) is 10.6 Å². The summed E-state index contributed by atoms with van der Waals surface area (Å²) in [4.78, 5) is 36.2. The van der Waals surface area contributed by atoms with Crippen LogP contribution in [0.5, 0.6) is 0 Å². The number of hydrogen-bond acceptors (Lipinski definition) is 4. The molecule has 2 aromatic rings. The van der Waals surface area contributed by atoms with Gasteiger partial charge in [0.2, 0.25) is 5.91 Å². The Balaban J connectivity index is 1.57. The molecular weight excluding hydrogens is 384 g/mol. The number of carboxylic acid groups (broad SMARTS) is 2. The molecular formula is C23H22N2O5. The third-order valence-corrected chi connectivity index (χ3v) is 5.90. The van der Waals surface area contributed by atoms with Gasteiger partial charge in [0, 0.05) is 6.54 Å². The van der Waals surface area contributed by atoms with Crippen molar-refractivity contribution < 1.29 is 24.6 Å². The minimum atomic E-state index is -1.11. The van der Waals surface area contributed by atoms with Crippen molar-refractivity contribution in [3.05, 3.63) is 71.8 Å². The molecule has 1 saturated carbocycles. The number of hydrogen-bond donors (Lipinski definition) is 4. The lowest BCUT2D eigenvalue weighted by Gasteiger charge is -2.24. The molecule has 2 aliphatic carbocycles. The number of rotatable bonds is 7. The molecule has 0 saturated heterocycles. The SMILES string of the molecule is O=C(O)c1ccc(NCc2ccccc2)c(NC(=O)[C@H]2[C@@H](C(=O)O)[C@H]3C=C[C@@H]2C3)c1. The van der Waals surface area contributed by atoms with Crippen LogP contribution in [0.15, 0.2) is 60.7 Å². The third-order valence-electron chi connectivity index (χ3n) is 5.90. The van der Waals surface area contributed by atoms with Crippen LogP contribution in [-0.4, -0.2) is 28.1 Å². The predicted octanol–water partition coefficient (Wildman–Crippen LogP) is 3.46. The first-order valence-electron chi connectivity index (χ1n) is 9.81. The third kappa shape index (κ3) is 3.78. The fourth-order valence-corrected chi connectivity index (χ4v) is 4.46. The van der Waals surface area contributed by atoms with E-state index in [0.29, 0.717) is 24.3 Å². The monoisotopic (exact) mass is 406 g/mol. The predicted molar refractivity (Wildman–Crippen MR) is 111 cm³/mol. The number of allylic oxidation sites excluding steroid dienone is 2. The van der Waals surface area contributed by atoms with Crippen molar-refractivity contribution in [1.82, 2.24) is 0 Å². The Labute approximate surface area is 173 Å². The zero-order chi connectivity index (χ0) is 21.3. The number of aliphatic carboxylic acids is 1. The molecule has 4 atom stereocenters. The first-order chi connectivity index (χ1) is 14.4. The number of benzene rings is 2. The second kappa shape index (κ2) is 8.02. The molecule has 0 spiro atoms. The molecule has 0 radical (unpaired) electrons. The molecule has 0 aromatic heterocycles. The van der Waals surface area contributed by atoms with Crippen LogP contribution >= 0.6 is 0 Å². The lowest BCUT2D eigenvalue weighted by atomic mass is 9.82. The summed E-state index contributed by atoms with van der Waals surface area (Å²) in [6, 6.07) is 14.1. The van der Waals surface area contributed by atoms with Gasteiger partial charge in [-0.2, -0.15) is 0 Å². The summed E-state index contributed by atoms with van der Waals surface area (Å²) in [6.45, 7) is 0.491. The molecule has 4 N–H and O–H groups in total. The first kappa shape index (κ1) is 19.7. The Hall–Kier alpha value is -3.61. The number of carboxylic acids is 2. The van der Waals surface area contributed by atoms with Crippen molar-refractivity contribution in [2.24, 2.45) is 23.7 Å². The minimum Gasteiger partial charge on any atom is -0.481 e. The van der Waals surface area contributed by atoms with Crippen LogP contribution in [0.25, 0.3) is 0 Å². The first-order valence-corrected chi connectivity index (χ1v) is 9.81. The zero-order valence-corrected chi connectivity index (χ0v) is 16.1. The molecule has 4 rings (SSSR count). The fourth-order valence-electron chi connectivity index (χ4n) is 4.46. The number of nitrogens with one attached hydrogen (secondary N) is 2. The van der Waals surface area contributed by atoms with E-state index >= 15 is 0 Å². The molecule has 7 heteroatoms. The number of carbonyl (C=O) groups is 3. The van der Waals surface area contributed by atoms with Crippen LogP contribution in [0.1, 0.15) is 22.3 Å². The van der Waals surface area contributed by atoms with Crippen molar-refractivity contribution in [2.45, 2.75) is 13.0 Å². The number of anilines is 2. The van der Waals surface area contributed by atoms with Gasteiger partial charge in [-0.1, -0.05) is 42.5 Å². The van der Waals surface area contributed by atoms with E-state index in [-0.39, 0.29) is 17.4 Å². The van der Waals surface area contributed by atoms with Gasteiger partial charge in [-0.05, 0) is 42.0 Å². The lowest BCUT2D eigenvalue weighted by molar-refractivity contribution is -0.146. The summed E-state index contributed by atoms with van der Waals surface area (Å²) in [6.07, 6.45) is 4.45. The molecule has 1 amide bonds. The molecule has 7 nitrogen and oxygen atoms in total. The van der Waals surface area contributed by atoms with Gasteiger partial charge >= 0.3 is 11.9 Å². The van der Waals surface area contributed by atoms with Crippen LogP contribution in [0.2, 0.25) is 0 Å². The van der Waals surface area contributed by atoms with Crippen molar-refractivity contribution in [1.29, 1.82) is 0 Å². The van der Waals surface area contributed by atoms with E-state index in [9.17, 15) is 24.6 Å². The molecule has 2 aliphatic rings. The van der Waals surface area contributed by atoms with Crippen LogP contribution in [0.3, 0.4) is 0 Å². The van der Waals surface area contributed by atoms with Crippen LogP contribution in [-0.2, 0) is 16.1 Å². The van der Waals surface area contributed by atoms with Gasteiger partial charge in [0.05, 0.1) is 28.8 Å². The van der Waals surface area contributed by atoms with Crippen molar-refractivity contribution >= 4 is 29.2 Å². The Morgan fingerprint density at radius 3 is 2.27 bits per heavy atom. The van der Waals surface area contributed by atoms with E-state index in [2.05, 4.69) is 10.6 Å². The lowest BCUT2D eigenvalue weighted by Crippen LogP contribution is -2.36. The van der Waals surface area contributed by atoms with E-state index in [4.69, 9.17) is 0 Å². The van der Waals surface area contributed by atoms with Crippen LogP contribution < -0.4 is 10.6 Å². The van der Waals surface area contributed by atoms with Gasteiger partial charge in [-0.25, -0.2) is 4.79 Å². The summed E-state index contributed by atoms with van der Waals surface area (Å²) in [5.41, 5.74) is 1.97. The zero-order valence-electron chi connectivity index (χ0n) is 16.1. The highest BCUT2D eigenvalue weighted by Crippen LogP contribution is 2.48. The maximum atomic E-state index is 13.0. The van der Waals surface area contributed by atoms with Gasteiger partial charge in [0.25, 0.3) is 0 Å². The van der Waals surface area contributed by atoms with Gasteiger partial charge in [-0.15, -0.1) is 0 Å². The Kier molecular flexibility index (Phi) is 5.27. The highest BCUT2D eigenvalue weighted by Gasteiger charge is 2.51. The van der Waals surface area contributed by atoms with Crippen LogP contribution in [0, 0.1) is 23.7 Å². The molecule has 0 unspecified atom stereocenters. The minimum absolute atomic E-state index is 0.0400. The van der Waals surface area contributed by atoms with E-state index in [1.165, 1.54) is 12.1 Å². The smallest absolute Gasteiger partial charge is 0.335 e. The van der Waals surface area contributed by atoms with Gasteiger partial charge < -0.3 is 20.8 Å². The summed E-state index contributed by atoms with van der Waals surface area (Å²) < 4.78 is 0. The average Bonchev–Trinajstić information content (AvgIpc) is 3.35. The maximum absolute atomic E-state index is 13.0. The largest absolute Gasteiger partial charge is 0.481 e. The maximum Gasteiger partial charge on any atom is 0.335 e. The Morgan fingerprint density at radius 2 is 1.60 bits per heavy atom. The Morgan fingerprint density at radius 1 is 0.900 bits per heavy atom. The number of fused-ring (bicyclic) bond motifs is 2. The van der Waals surface area contributed by atoms with Crippen molar-refractivity contribution in [3.8, 4) is 0 Å².